The molecule has 0 saturated heterocycles. The molecule has 6 N–H and O–H groups in total. The number of nitrogens with two attached hydrogens (primary N) is 1. The predicted octanol–water partition coefficient (Wildman–Crippen LogP) is 1.72. The van der Waals surface area contributed by atoms with Gasteiger partial charge in [-0.15, -0.1) is 0 Å². The summed E-state index contributed by atoms with van der Waals surface area (Å²) < 4.78 is 37.3. The van der Waals surface area contributed by atoms with Crippen molar-refractivity contribution in [2.75, 3.05) is 84.5 Å². The Kier molecular flexibility index (Phi) is 24.2. The van der Waals surface area contributed by atoms with Crippen molar-refractivity contribution in [3.8, 4) is 5.75 Å². The number of non-ortho nitro benzene ring substituents is 1. The van der Waals surface area contributed by atoms with Crippen LogP contribution in [0.25, 0.3) is 0 Å². The van der Waals surface area contributed by atoms with Crippen molar-refractivity contribution >= 4 is 53.1 Å². The topological polar surface area (TPSA) is 305 Å². The molecule has 1 heterocycles. The zero-order valence-electron chi connectivity index (χ0n) is 36.3. The third kappa shape index (κ3) is 21.6. The van der Waals surface area contributed by atoms with Crippen LogP contribution in [0, 0.1) is 16.0 Å². The van der Waals surface area contributed by atoms with E-state index in [4.69, 9.17) is 38.9 Å². The van der Waals surface area contributed by atoms with E-state index in [1.54, 1.807) is 38.1 Å². The number of imide groups is 1. The van der Waals surface area contributed by atoms with Gasteiger partial charge >= 0.3 is 12.2 Å². The van der Waals surface area contributed by atoms with E-state index >= 15 is 0 Å². The van der Waals surface area contributed by atoms with Crippen molar-refractivity contribution in [1.29, 1.82) is 0 Å². The van der Waals surface area contributed by atoms with Crippen molar-refractivity contribution < 1.29 is 71.6 Å². The van der Waals surface area contributed by atoms with Crippen LogP contribution in [0.1, 0.15) is 38.7 Å². The van der Waals surface area contributed by atoms with E-state index in [0.29, 0.717) is 50.9 Å². The van der Waals surface area contributed by atoms with Gasteiger partial charge in [-0.1, -0.05) is 26.0 Å². The van der Waals surface area contributed by atoms with E-state index in [0.717, 1.165) is 4.90 Å². The number of primary amides is 1. The smallest absolute Gasteiger partial charge is 0.429 e. The number of nitro benzene ring substituents is 1. The minimum absolute atomic E-state index is 0.0371. The summed E-state index contributed by atoms with van der Waals surface area (Å²) in [5, 5.41) is 21.4. The molecule has 356 valence electrons. The van der Waals surface area contributed by atoms with Crippen molar-refractivity contribution in [2.45, 2.75) is 51.8 Å². The lowest BCUT2D eigenvalue weighted by Gasteiger charge is -2.25. The van der Waals surface area contributed by atoms with Crippen LogP contribution in [0.15, 0.2) is 60.7 Å². The summed E-state index contributed by atoms with van der Waals surface area (Å²) in [4.78, 5) is 97.3. The number of urea groups is 1. The summed E-state index contributed by atoms with van der Waals surface area (Å²) in [6, 6.07) is 8.37. The average Bonchev–Trinajstić information content (AvgIpc) is 3.59. The monoisotopic (exact) mass is 915 g/mol. The maximum atomic E-state index is 13.5. The fraction of sp³-hybridized carbons (Fsp3) is 0.500. The van der Waals surface area contributed by atoms with Gasteiger partial charge in [0.05, 0.1) is 77.5 Å². The van der Waals surface area contributed by atoms with E-state index in [9.17, 15) is 43.7 Å². The van der Waals surface area contributed by atoms with Gasteiger partial charge in [-0.2, -0.15) is 0 Å². The molecule has 0 aromatic heterocycles. The lowest BCUT2D eigenvalue weighted by atomic mass is 10.0. The second-order valence-electron chi connectivity index (χ2n) is 14.3. The maximum absolute atomic E-state index is 13.5. The molecular formula is C42H57N7O16. The molecule has 0 saturated carbocycles. The van der Waals surface area contributed by atoms with Gasteiger partial charge in [0.25, 0.3) is 17.5 Å². The lowest BCUT2D eigenvalue weighted by Crippen LogP contribution is -2.54. The third-order valence-electron chi connectivity index (χ3n) is 9.02. The fourth-order valence-electron chi connectivity index (χ4n) is 5.60. The molecule has 0 aliphatic carbocycles. The first kappa shape index (κ1) is 52.8. The van der Waals surface area contributed by atoms with Crippen LogP contribution in [-0.2, 0) is 59.0 Å². The second-order valence-corrected chi connectivity index (χ2v) is 14.3. The number of rotatable bonds is 32. The van der Waals surface area contributed by atoms with Gasteiger partial charge in [0.2, 0.25) is 17.7 Å². The molecular weight excluding hydrogens is 858 g/mol. The lowest BCUT2D eigenvalue weighted by molar-refractivity contribution is -0.384. The molecule has 0 fully saturated rings. The average molecular weight is 916 g/mol. The number of carbonyl (C=O) groups excluding carboxylic acids is 7. The van der Waals surface area contributed by atoms with Crippen molar-refractivity contribution in [2.24, 2.45) is 11.7 Å². The molecule has 1 aliphatic heterocycles. The first-order valence-corrected chi connectivity index (χ1v) is 20.8. The Balaban J connectivity index is 1.31. The summed E-state index contributed by atoms with van der Waals surface area (Å²) in [7, 11) is 0. The van der Waals surface area contributed by atoms with Crippen molar-refractivity contribution in [3.63, 3.8) is 0 Å². The highest BCUT2D eigenvalue weighted by Gasteiger charge is 2.29. The van der Waals surface area contributed by atoms with Gasteiger partial charge in [0, 0.05) is 42.9 Å². The Morgan fingerprint density at radius 3 is 1.83 bits per heavy atom. The SMILES string of the molecule is CC(C)[C@H](NC(=O)CCOCCOCCOCCOCCOCCN1C(=O)C=CC1=O)C(=O)N[C@@H](CCCNC(N)=O)C(=O)Nc1ccc(COC(=O)Oc2ccc([N+](=O)[O-])cc2)cc1. The molecule has 0 unspecified atom stereocenters. The molecule has 3 rings (SSSR count). The number of benzene rings is 2. The van der Waals surface area contributed by atoms with Gasteiger partial charge in [0.1, 0.15) is 24.4 Å². The Labute approximate surface area is 375 Å². The zero-order chi connectivity index (χ0) is 47.4. The first-order valence-electron chi connectivity index (χ1n) is 20.8. The summed E-state index contributed by atoms with van der Waals surface area (Å²) in [6.45, 7) is 6.40. The second kappa shape index (κ2) is 29.8. The Bertz CT molecular complexity index is 1880. The molecule has 23 nitrogen and oxygen atoms in total. The molecule has 1 aliphatic rings. The fourth-order valence-corrected chi connectivity index (χ4v) is 5.60. The molecule has 65 heavy (non-hydrogen) atoms. The van der Waals surface area contributed by atoms with E-state index in [1.807, 2.05) is 0 Å². The summed E-state index contributed by atoms with van der Waals surface area (Å²) in [5.74, 6) is -2.60. The molecule has 0 bridgehead atoms. The normalized spacial score (nSPS) is 13.0. The number of anilines is 1. The first-order chi connectivity index (χ1) is 31.2. The highest BCUT2D eigenvalue weighted by molar-refractivity contribution is 6.12. The van der Waals surface area contributed by atoms with Crippen LogP contribution in [0.3, 0.4) is 0 Å². The van der Waals surface area contributed by atoms with E-state index in [-0.39, 0.29) is 94.6 Å². The number of hydrogen-bond donors (Lipinski definition) is 5. The Morgan fingerprint density at radius 2 is 1.29 bits per heavy atom. The summed E-state index contributed by atoms with van der Waals surface area (Å²) >= 11 is 0. The molecule has 2 atom stereocenters. The number of nitro groups is 1. The third-order valence-corrected chi connectivity index (χ3v) is 9.02. The number of nitrogens with one attached hydrogen (secondary N) is 4. The molecule has 0 radical (unpaired) electrons. The van der Waals surface area contributed by atoms with E-state index in [2.05, 4.69) is 21.3 Å². The molecule has 7 amide bonds. The Morgan fingerprint density at radius 1 is 0.738 bits per heavy atom. The van der Waals surface area contributed by atoms with Crippen LogP contribution in [-0.4, -0.2) is 143 Å². The molecule has 0 spiro atoms. The van der Waals surface area contributed by atoms with Crippen LogP contribution in [0.5, 0.6) is 5.75 Å². The number of nitrogens with zero attached hydrogens (tertiary/aromatic N) is 2. The van der Waals surface area contributed by atoms with Crippen molar-refractivity contribution in [1.82, 2.24) is 20.9 Å². The van der Waals surface area contributed by atoms with Crippen LogP contribution < -0.4 is 31.7 Å². The highest BCUT2D eigenvalue weighted by atomic mass is 16.7. The van der Waals surface area contributed by atoms with Gasteiger partial charge in [-0.25, -0.2) is 9.59 Å². The number of carbonyl (C=O) groups is 7. The molecule has 2 aromatic carbocycles. The zero-order valence-corrected chi connectivity index (χ0v) is 36.3. The van der Waals surface area contributed by atoms with Crippen LogP contribution in [0.4, 0.5) is 21.0 Å². The van der Waals surface area contributed by atoms with Crippen LogP contribution >= 0.6 is 0 Å². The van der Waals surface area contributed by atoms with E-state index < -0.39 is 46.9 Å². The van der Waals surface area contributed by atoms with Gasteiger partial charge < -0.3 is 60.2 Å². The van der Waals surface area contributed by atoms with E-state index in [1.165, 1.54) is 36.4 Å². The molecule has 2 aromatic rings. The van der Waals surface area contributed by atoms with Crippen LogP contribution in [0.2, 0.25) is 0 Å². The number of hydrogen-bond acceptors (Lipinski definition) is 16. The van der Waals surface area contributed by atoms with Gasteiger partial charge in [-0.05, 0) is 48.6 Å². The highest BCUT2D eigenvalue weighted by Crippen LogP contribution is 2.18. The van der Waals surface area contributed by atoms with Crippen molar-refractivity contribution in [3.05, 3.63) is 76.4 Å². The largest absolute Gasteiger partial charge is 0.514 e. The minimum Gasteiger partial charge on any atom is -0.429 e. The standard InChI is InChI=1S/C42H57N7O16/c1-29(2)38(47-35(50)15-18-59-20-22-61-24-26-63-27-25-62-23-21-60-19-17-48-36(51)13-14-37(48)52)40(54)46-34(4-3-16-44-41(43)55)39(53)45-31-7-5-30(6-8-31)28-64-42(56)65-33-11-9-32(10-12-33)49(57)58/h5-14,29,34,38H,3-4,15-28H2,1-2H3,(H,45,53)(H,46,54)(H,47,50)(H3,43,44,55)/t34-,38-/m0/s1. The molecule has 23 heteroatoms. The number of ether oxygens (including phenoxy) is 7. The Hall–Kier alpha value is -6.53. The predicted molar refractivity (Wildman–Crippen MR) is 229 cm³/mol. The van der Waals surface area contributed by atoms with Gasteiger partial charge in [0.15, 0.2) is 0 Å². The summed E-state index contributed by atoms with van der Waals surface area (Å²) in [5.41, 5.74) is 5.90. The number of amides is 7. The maximum Gasteiger partial charge on any atom is 0.514 e. The summed E-state index contributed by atoms with van der Waals surface area (Å²) in [6.07, 6.45) is 1.77. The quantitative estimate of drug-likeness (QED) is 0.0174. The van der Waals surface area contributed by atoms with Gasteiger partial charge in [-0.3, -0.25) is 39.0 Å². The minimum atomic E-state index is -1.07.